The van der Waals surface area contributed by atoms with Crippen molar-refractivity contribution >= 4 is 36.4 Å². The van der Waals surface area contributed by atoms with Gasteiger partial charge < -0.3 is 10.6 Å². The first kappa shape index (κ1) is 19.1. The van der Waals surface area contributed by atoms with Crippen LogP contribution in [0.2, 0.25) is 0 Å². The van der Waals surface area contributed by atoms with Gasteiger partial charge in [0.05, 0.1) is 0 Å². The SMILES string of the molecule is CC1CN2CCCCC2CN1C(=O)c1cccc(N)c1.Cl.Cl. The summed E-state index contributed by atoms with van der Waals surface area (Å²) in [7, 11) is 0. The van der Waals surface area contributed by atoms with Gasteiger partial charge in [-0.2, -0.15) is 0 Å². The molecule has 1 amide bonds. The Morgan fingerprint density at radius 1 is 1.23 bits per heavy atom. The van der Waals surface area contributed by atoms with E-state index in [1.807, 2.05) is 23.1 Å². The van der Waals surface area contributed by atoms with E-state index in [2.05, 4.69) is 11.8 Å². The highest BCUT2D eigenvalue weighted by atomic mass is 35.5. The van der Waals surface area contributed by atoms with Gasteiger partial charge in [0.25, 0.3) is 5.91 Å². The number of benzene rings is 1. The Bertz CT molecular complexity index is 512. The number of nitrogens with two attached hydrogens (primary N) is 1. The van der Waals surface area contributed by atoms with E-state index in [0.29, 0.717) is 17.3 Å². The molecule has 0 aromatic heterocycles. The molecule has 2 aliphatic rings. The number of carbonyl (C=O) groups is 1. The fourth-order valence-corrected chi connectivity index (χ4v) is 3.47. The minimum absolute atomic E-state index is 0. The zero-order valence-electron chi connectivity index (χ0n) is 12.9. The predicted octanol–water partition coefficient (Wildman–Crippen LogP) is 2.81. The second-order valence-electron chi connectivity index (χ2n) is 6.08. The maximum Gasteiger partial charge on any atom is 0.254 e. The predicted molar refractivity (Wildman–Crippen MR) is 95.1 cm³/mol. The topological polar surface area (TPSA) is 49.6 Å². The lowest BCUT2D eigenvalue weighted by Crippen LogP contribution is -2.60. The molecule has 0 radical (unpaired) electrons. The van der Waals surface area contributed by atoms with Gasteiger partial charge in [-0.1, -0.05) is 12.5 Å². The van der Waals surface area contributed by atoms with E-state index in [0.717, 1.165) is 13.1 Å². The van der Waals surface area contributed by atoms with Gasteiger partial charge in [-0.05, 0) is 44.5 Å². The Balaban J connectivity index is 0.00000121. The molecule has 0 saturated carbocycles. The average molecular weight is 346 g/mol. The van der Waals surface area contributed by atoms with Gasteiger partial charge in [0, 0.05) is 36.4 Å². The van der Waals surface area contributed by atoms with E-state index in [1.54, 1.807) is 6.07 Å². The molecular formula is C16H25Cl2N3O. The minimum atomic E-state index is 0. The van der Waals surface area contributed by atoms with E-state index in [4.69, 9.17) is 5.73 Å². The number of amides is 1. The van der Waals surface area contributed by atoms with Crippen molar-refractivity contribution in [2.45, 2.75) is 38.3 Å². The quantitative estimate of drug-likeness (QED) is 0.796. The molecule has 3 rings (SSSR count). The van der Waals surface area contributed by atoms with Gasteiger partial charge in [0.2, 0.25) is 0 Å². The van der Waals surface area contributed by atoms with Crippen LogP contribution in [0, 0.1) is 0 Å². The lowest BCUT2D eigenvalue weighted by molar-refractivity contribution is 0.0152. The molecule has 2 unspecified atom stereocenters. The Hall–Kier alpha value is -0.970. The van der Waals surface area contributed by atoms with Crippen molar-refractivity contribution in [3.63, 3.8) is 0 Å². The zero-order chi connectivity index (χ0) is 14.1. The number of piperidine rings is 1. The highest BCUT2D eigenvalue weighted by Crippen LogP contribution is 2.25. The van der Waals surface area contributed by atoms with Crippen molar-refractivity contribution in [2.24, 2.45) is 0 Å². The number of halogens is 2. The second kappa shape index (κ2) is 8.04. The first-order valence-corrected chi connectivity index (χ1v) is 7.55. The Labute approximate surface area is 144 Å². The van der Waals surface area contributed by atoms with Crippen LogP contribution in [0.1, 0.15) is 36.5 Å². The first-order valence-electron chi connectivity index (χ1n) is 7.55. The molecule has 2 fully saturated rings. The molecule has 6 heteroatoms. The van der Waals surface area contributed by atoms with Crippen LogP contribution >= 0.6 is 24.8 Å². The molecule has 1 aromatic carbocycles. The van der Waals surface area contributed by atoms with Crippen molar-refractivity contribution in [3.8, 4) is 0 Å². The van der Waals surface area contributed by atoms with E-state index >= 15 is 0 Å². The van der Waals surface area contributed by atoms with Crippen molar-refractivity contribution in [3.05, 3.63) is 29.8 Å². The second-order valence-corrected chi connectivity index (χ2v) is 6.08. The van der Waals surface area contributed by atoms with Crippen LogP contribution in [0.3, 0.4) is 0 Å². The van der Waals surface area contributed by atoms with Gasteiger partial charge in [0.1, 0.15) is 0 Å². The molecule has 2 aliphatic heterocycles. The number of anilines is 1. The molecule has 4 nitrogen and oxygen atoms in total. The highest BCUT2D eigenvalue weighted by molar-refractivity contribution is 5.95. The first-order chi connectivity index (χ1) is 9.65. The maximum absolute atomic E-state index is 12.7. The van der Waals surface area contributed by atoms with Crippen LogP contribution in [0.5, 0.6) is 0 Å². The lowest BCUT2D eigenvalue weighted by Gasteiger charge is -2.47. The van der Waals surface area contributed by atoms with E-state index < -0.39 is 0 Å². The number of fused-ring (bicyclic) bond motifs is 1. The molecule has 1 aromatic rings. The van der Waals surface area contributed by atoms with Crippen LogP contribution < -0.4 is 5.73 Å². The molecule has 22 heavy (non-hydrogen) atoms. The number of hydrogen-bond donors (Lipinski definition) is 1. The summed E-state index contributed by atoms with van der Waals surface area (Å²) in [6, 6.07) is 8.13. The Morgan fingerprint density at radius 3 is 2.73 bits per heavy atom. The summed E-state index contributed by atoms with van der Waals surface area (Å²) >= 11 is 0. The third-order valence-electron chi connectivity index (χ3n) is 4.58. The summed E-state index contributed by atoms with van der Waals surface area (Å²) in [6.45, 7) is 5.19. The summed E-state index contributed by atoms with van der Waals surface area (Å²) < 4.78 is 0. The maximum atomic E-state index is 12.7. The van der Waals surface area contributed by atoms with Gasteiger partial charge >= 0.3 is 0 Å². The summed E-state index contributed by atoms with van der Waals surface area (Å²) in [5.74, 6) is 0.120. The third kappa shape index (κ3) is 3.86. The number of nitrogens with zero attached hydrogens (tertiary/aromatic N) is 2. The standard InChI is InChI=1S/C16H23N3O.2ClH/c1-12-10-18-8-3-2-7-15(18)11-19(12)16(20)13-5-4-6-14(17)9-13;;/h4-6,9,12,15H,2-3,7-8,10-11,17H2,1H3;2*1H. The van der Waals surface area contributed by atoms with Crippen molar-refractivity contribution < 1.29 is 4.79 Å². The molecular weight excluding hydrogens is 321 g/mol. The Morgan fingerprint density at radius 2 is 2.00 bits per heavy atom. The monoisotopic (exact) mass is 345 g/mol. The van der Waals surface area contributed by atoms with Gasteiger partial charge in [0.15, 0.2) is 0 Å². The van der Waals surface area contributed by atoms with Crippen LogP contribution in [0.4, 0.5) is 5.69 Å². The van der Waals surface area contributed by atoms with Crippen molar-refractivity contribution in [2.75, 3.05) is 25.4 Å². The van der Waals surface area contributed by atoms with Crippen LogP contribution in [0.15, 0.2) is 24.3 Å². The van der Waals surface area contributed by atoms with Crippen molar-refractivity contribution in [1.29, 1.82) is 0 Å². The fraction of sp³-hybridized carbons (Fsp3) is 0.562. The minimum Gasteiger partial charge on any atom is -0.399 e. The molecule has 2 heterocycles. The zero-order valence-corrected chi connectivity index (χ0v) is 14.5. The van der Waals surface area contributed by atoms with Crippen LogP contribution in [-0.2, 0) is 0 Å². The molecule has 0 spiro atoms. The van der Waals surface area contributed by atoms with Gasteiger partial charge in [-0.3, -0.25) is 9.69 Å². The number of nitrogen functional groups attached to an aromatic ring is 1. The van der Waals surface area contributed by atoms with E-state index in [-0.39, 0.29) is 36.8 Å². The van der Waals surface area contributed by atoms with Crippen LogP contribution in [-0.4, -0.2) is 47.4 Å². The summed E-state index contributed by atoms with van der Waals surface area (Å²) in [5, 5.41) is 0. The van der Waals surface area contributed by atoms with E-state index in [9.17, 15) is 4.79 Å². The Kier molecular flexibility index (Phi) is 6.98. The normalized spacial score (nSPS) is 24.7. The van der Waals surface area contributed by atoms with Gasteiger partial charge in [-0.15, -0.1) is 24.8 Å². The number of carbonyl (C=O) groups excluding carboxylic acids is 1. The lowest BCUT2D eigenvalue weighted by atomic mass is 9.96. The molecule has 0 bridgehead atoms. The molecule has 0 aliphatic carbocycles. The van der Waals surface area contributed by atoms with Crippen molar-refractivity contribution in [1.82, 2.24) is 9.80 Å². The summed E-state index contributed by atoms with van der Waals surface area (Å²) in [4.78, 5) is 17.3. The largest absolute Gasteiger partial charge is 0.399 e. The molecule has 124 valence electrons. The number of rotatable bonds is 1. The van der Waals surface area contributed by atoms with E-state index in [1.165, 1.54) is 25.8 Å². The number of piperazine rings is 1. The molecule has 2 atom stereocenters. The van der Waals surface area contributed by atoms with Crippen LogP contribution in [0.25, 0.3) is 0 Å². The molecule has 2 saturated heterocycles. The van der Waals surface area contributed by atoms with Gasteiger partial charge in [-0.25, -0.2) is 0 Å². The molecule has 2 N–H and O–H groups in total. The fourth-order valence-electron chi connectivity index (χ4n) is 3.47. The average Bonchev–Trinajstić information content (AvgIpc) is 2.46. The smallest absolute Gasteiger partial charge is 0.254 e. The number of hydrogen-bond acceptors (Lipinski definition) is 3. The summed E-state index contributed by atoms with van der Waals surface area (Å²) in [6.07, 6.45) is 3.80. The highest BCUT2D eigenvalue weighted by Gasteiger charge is 2.35. The third-order valence-corrected chi connectivity index (χ3v) is 4.58. The summed E-state index contributed by atoms with van der Waals surface area (Å²) in [5.41, 5.74) is 7.15.